The number of fused-ring (bicyclic) bond motifs is 1. The number of halogens is 1. The van der Waals surface area contributed by atoms with E-state index in [4.69, 9.17) is 16.3 Å². The molecule has 3 aromatic rings. The fourth-order valence-corrected chi connectivity index (χ4v) is 2.74. The van der Waals surface area contributed by atoms with Crippen molar-refractivity contribution in [1.29, 1.82) is 0 Å². The Morgan fingerprint density at radius 3 is 2.73 bits per heavy atom. The minimum atomic E-state index is 0.203. The van der Waals surface area contributed by atoms with Crippen LogP contribution in [-0.2, 0) is 6.61 Å². The third-order valence-corrected chi connectivity index (χ3v) is 3.88. The molecule has 0 bridgehead atoms. The average Bonchev–Trinajstić information content (AvgIpc) is 2.83. The van der Waals surface area contributed by atoms with Crippen molar-refractivity contribution in [2.75, 3.05) is 0 Å². The second kappa shape index (κ2) is 5.93. The largest absolute Gasteiger partial charge is 0.508 e. The summed E-state index contributed by atoms with van der Waals surface area (Å²) in [5.41, 5.74) is 2.21. The van der Waals surface area contributed by atoms with Crippen molar-refractivity contribution in [3.63, 3.8) is 0 Å². The van der Waals surface area contributed by atoms with Gasteiger partial charge in [0.2, 0.25) is 0 Å². The van der Waals surface area contributed by atoms with E-state index in [9.17, 15) is 5.11 Å². The zero-order chi connectivity index (χ0) is 15.7. The minimum Gasteiger partial charge on any atom is -0.508 e. The van der Waals surface area contributed by atoms with Gasteiger partial charge in [-0.2, -0.15) is 0 Å². The van der Waals surface area contributed by atoms with Gasteiger partial charge in [-0.05, 0) is 38.1 Å². The van der Waals surface area contributed by atoms with Crippen molar-refractivity contribution in [2.45, 2.75) is 26.5 Å². The van der Waals surface area contributed by atoms with Crippen molar-refractivity contribution >= 4 is 22.5 Å². The molecule has 3 nitrogen and oxygen atoms in total. The van der Waals surface area contributed by atoms with Crippen LogP contribution in [0.4, 0.5) is 0 Å². The van der Waals surface area contributed by atoms with Gasteiger partial charge in [-0.15, -0.1) is 0 Å². The second-order valence-corrected chi connectivity index (χ2v) is 6.04. The number of aromatic nitrogens is 1. The van der Waals surface area contributed by atoms with Crippen LogP contribution in [-0.4, -0.2) is 9.67 Å². The number of benzene rings is 2. The molecule has 0 fully saturated rings. The van der Waals surface area contributed by atoms with Gasteiger partial charge in [0, 0.05) is 34.3 Å². The molecule has 0 unspecified atom stereocenters. The van der Waals surface area contributed by atoms with Crippen LogP contribution in [0.2, 0.25) is 5.02 Å². The third kappa shape index (κ3) is 2.90. The lowest BCUT2D eigenvalue weighted by molar-refractivity contribution is 0.305. The maximum Gasteiger partial charge on any atom is 0.123 e. The van der Waals surface area contributed by atoms with Gasteiger partial charge >= 0.3 is 0 Å². The van der Waals surface area contributed by atoms with E-state index in [0.29, 0.717) is 18.4 Å². The Hall–Kier alpha value is -2.13. The quantitative estimate of drug-likeness (QED) is 0.721. The maximum atomic E-state index is 9.49. The SMILES string of the molecule is CC(C)n1cc(COc2cccc(O)c2)c2ccc(Cl)cc21. The summed E-state index contributed by atoms with van der Waals surface area (Å²) in [6.45, 7) is 4.72. The molecular weight excluding hydrogens is 298 g/mol. The lowest BCUT2D eigenvalue weighted by Crippen LogP contribution is -1.98. The lowest BCUT2D eigenvalue weighted by Gasteiger charge is -2.08. The first-order valence-electron chi connectivity index (χ1n) is 7.25. The molecule has 4 heteroatoms. The Labute approximate surface area is 134 Å². The summed E-state index contributed by atoms with van der Waals surface area (Å²) in [4.78, 5) is 0. The minimum absolute atomic E-state index is 0.203. The van der Waals surface area contributed by atoms with E-state index in [1.165, 1.54) is 0 Å². The highest BCUT2D eigenvalue weighted by atomic mass is 35.5. The Balaban J connectivity index is 1.93. The molecule has 0 aliphatic heterocycles. The molecule has 0 atom stereocenters. The number of phenolic OH excluding ortho intramolecular Hbond substituents is 1. The molecule has 0 aliphatic rings. The van der Waals surface area contributed by atoms with Crippen LogP contribution in [0.25, 0.3) is 10.9 Å². The Bertz CT molecular complexity index is 808. The summed E-state index contributed by atoms with van der Waals surface area (Å²) in [7, 11) is 0. The van der Waals surface area contributed by atoms with Gasteiger partial charge in [0.25, 0.3) is 0 Å². The summed E-state index contributed by atoms with van der Waals surface area (Å²) in [5.74, 6) is 0.855. The zero-order valence-corrected chi connectivity index (χ0v) is 13.3. The number of nitrogens with zero attached hydrogens (tertiary/aromatic N) is 1. The van der Waals surface area contributed by atoms with Crippen molar-refractivity contribution in [3.8, 4) is 11.5 Å². The van der Waals surface area contributed by atoms with E-state index in [1.807, 2.05) is 24.3 Å². The van der Waals surface area contributed by atoms with Gasteiger partial charge in [0.15, 0.2) is 0 Å². The van der Waals surface area contributed by atoms with Gasteiger partial charge in [-0.1, -0.05) is 23.7 Å². The molecule has 22 heavy (non-hydrogen) atoms. The summed E-state index contributed by atoms with van der Waals surface area (Å²) >= 11 is 6.12. The predicted octanol–water partition coefficient (Wildman–Crippen LogP) is 5.16. The number of aromatic hydroxyl groups is 1. The number of rotatable bonds is 4. The third-order valence-electron chi connectivity index (χ3n) is 3.65. The molecule has 3 rings (SSSR count). The van der Waals surface area contributed by atoms with E-state index in [2.05, 4.69) is 24.6 Å². The van der Waals surface area contributed by atoms with E-state index >= 15 is 0 Å². The molecule has 0 radical (unpaired) electrons. The van der Waals surface area contributed by atoms with E-state index in [0.717, 1.165) is 21.5 Å². The lowest BCUT2D eigenvalue weighted by atomic mass is 10.2. The molecule has 2 aromatic carbocycles. The van der Waals surface area contributed by atoms with Crippen LogP contribution >= 0.6 is 11.6 Å². The summed E-state index contributed by atoms with van der Waals surface area (Å²) in [6.07, 6.45) is 2.11. The number of hydrogen-bond donors (Lipinski definition) is 1. The van der Waals surface area contributed by atoms with Crippen molar-refractivity contribution in [2.24, 2.45) is 0 Å². The predicted molar refractivity (Wildman–Crippen MR) is 89.8 cm³/mol. The highest BCUT2D eigenvalue weighted by Gasteiger charge is 2.11. The first-order chi connectivity index (χ1) is 10.5. The maximum absolute atomic E-state index is 9.49. The van der Waals surface area contributed by atoms with Gasteiger partial charge in [-0.3, -0.25) is 0 Å². The normalized spacial score (nSPS) is 11.3. The fraction of sp³-hybridized carbons (Fsp3) is 0.222. The van der Waals surface area contributed by atoms with Gasteiger partial charge < -0.3 is 14.4 Å². The first kappa shape index (κ1) is 14.8. The highest BCUT2D eigenvalue weighted by molar-refractivity contribution is 6.31. The Morgan fingerprint density at radius 1 is 1.18 bits per heavy atom. The monoisotopic (exact) mass is 315 g/mol. The number of ether oxygens (including phenoxy) is 1. The van der Waals surface area contributed by atoms with Crippen LogP contribution in [0.15, 0.2) is 48.7 Å². The topological polar surface area (TPSA) is 34.4 Å². The van der Waals surface area contributed by atoms with E-state index < -0.39 is 0 Å². The summed E-state index contributed by atoms with van der Waals surface area (Å²) in [5, 5.41) is 11.4. The molecule has 1 heterocycles. The molecule has 0 saturated heterocycles. The second-order valence-electron chi connectivity index (χ2n) is 5.60. The fourth-order valence-electron chi connectivity index (χ4n) is 2.57. The van der Waals surface area contributed by atoms with Gasteiger partial charge in [0.1, 0.15) is 18.1 Å². The van der Waals surface area contributed by atoms with Crippen LogP contribution in [0.5, 0.6) is 11.5 Å². The smallest absolute Gasteiger partial charge is 0.123 e. The molecule has 0 amide bonds. The molecule has 114 valence electrons. The average molecular weight is 316 g/mol. The first-order valence-corrected chi connectivity index (χ1v) is 7.63. The molecule has 1 N–H and O–H groups in total. The van der Waals surface area contributed by atoms with Crippen LogP contribution < -0.4 is 4.74 Å². The van der Waals surface area contributed by atoms with Crippen LogP contribution in [0.1, 0.15) is 25.5 Å². The van der Waals surface area contributed by atoms with E-state index in [1.54, 1.807) is 18.2 Å². The zero-order valence-electron chi connectivity index (χ0n) is 12.6. The van der Waals surface area contributed by atoms with Crippen molar-refractivity contribution in [1.82, 2.24) is 4.57 Å². The van der Waals surface area contributed by atoms with E-state index in [-0.39, 0.29) is 5.75 Å². The number of phenols is 1. The molecular formula is C18H18ClNO2. The molecule has 1 aromatic heterocycles. The summed E-state index contributed by atoms with van der Waals surface area (Å²) < 4.78 is 7.99. The van der Waals surface area contributed by atoms with Gasteiger partial charge in [0.05, 0.1) is 5.52 Å². The molecule has 0 spiro atoms. The van der Waals surface area contributed by atoms with Gasteiger partial charge in [-0.25, -0.2) is 0 Å². The Kier molecular flexibility index (Phi) is 3.99. The highest BCUT2D eigenvalue weighted by Crippen LogP contribution is 2.28. The number of hydrogen-bond acceptors (Lipinski definition) is 2. The summed E-state index contributed by atoms with van der Waals surface area (Å²) in [6, 6.07) is 13.1. The van der Waals surface area contributed by atoms with Crippen molar-refractivity contribution < 1.29 is 9.84 Å². The molecule has 0 aliphatic carbocycles. The molecule has 0 saturated carbocycles. The Morgan fingerprint density at radius 2 is 2.00 bits per heavy atom. The van der Waals surface area contributed by atoms with Crippen LogP contribution in [0, 0.1) is 0 Å². The van der Waals surface area contributed by atoms with Crippen LogP contribution in [0.3, 0.4) is 0 Å². The van der Waals surface area contributed by atoms with Crippen molar-refractivity contribution in [3.05, 3.63) is 59.2 Å². The standard InChI is InChI=1S/C18H18ClNO2/c1-12(2)20-10-13(17-7-6-14(19)8-18(17)20)11-22-16-5-3-4-15(21)9-16/h3-10,12,21H,11H2,1-2H3.